The lowest BCUT2D eigenvalue weighted by molar-refractivity contribution is -0.125. The van der Waals surface area contributed by atoms with Crippen molar-refractivity contribution in [2.24, 2.45) is 5.92 Å². The van der Waals surface area contributed by atoms with Crippen molar-refractivity contribution in [2.75, 3.05) is 40.3 Å². The molecule has 150 valence electrons. The van der Waals surface area contributed by atoms with E-state index in [4.69, 9.17) is 9.15 Å². The normalized spacial score (nSPS) is 15.8. The first-order valence-electron chi connectivity index (χ1n) is 9.96. The van der Waals surface area contributed by atoms with Gasteiger partial charge in [-0.2, -0.15) is 0 Å². The van der Waals surface area contributed by atoms with Crippen LogP contribution in [0.5, 0.6) is 5.75 Å². The number of likely N-dealkylation sites (tertiary alicyclic amines) is 1. The molecule has 3 rings (SSSR count). The average molecular weight is 383 g/mol. The Morgan fingerprint density at radius 3 is 2.75 bits per heavy atom. The molecule has 1 saturated heterocycles. The quantitative estimate of drug-likeness (QED) is 0.653. The van der Waals surface area contributed by atoms with Gasteiger partial charge in [0, 0.05) is 26.2 Å². The van der Waals surface area contributed by atoms with Crippen molar-refractivity contribution < 1.29 is 13.9 Å². The lowest BCUT2D eigenvalue weighted by atomic mass is 9.96. The molecular weight excluding hydrogens is 352 g/mol. The molecule has 1 amide bonds. The third-order valence-corrected chi connectivity index (χ3v) is 5.44. The molecule has 5 nitrogen and oxygen atoms in total. The number of carbonyl (C=O) groups excluding carboxylic acids is 1. The molecule has 0 spiro atoms. The van der Waals surface area contributed by atoms with Gasteiger partial charge in [-0.05, 0) is 68.1 Å². The van der Waals surface area contributed by atoms with Crippen molar-refractivity contribution in [3.63, 3.8) is 0 Å². The predicted octanol–water partition coefficient (Wildman–Crippen LogP) is 3.71. The van der Waals surface area contributed by atoms with Gasteiger partial charge in [-0.3, -0.25) is 4.79 Å². The molecule has 0 saturated carbocycles. The molecule has 1 aromatic carbocycles. The maximum Gasteiger partial charge on any atom is 0.246 e. The van der Waals surface area contributed by atoms with E-state index in [1.54, 1.807) is 25.5 Å². The summed E-state index contributed by atoms with van der Waals surface area (Å²) in [6.45, 7) is 4.03. The van der Waals surface area contributed by atoms with Crippen LogP contribution in [0, 0.1) is 5.92 Å². The van der Waals surface area contributed by atoms with Crippen LogP contribution in [0.25, 0.3) is 6.08 Å². The predicted molar refractivity (Wildman–Crippen MR) is 111 cm³/mol. The van der Waals surface area contributed by atoms with E-state index in [2.05, 4.69) is 17.0 Å². The van der Waals surface area contributed by atoms with Gasteiger partial charge in [-0.1, -0.05) is 18.2 Å². The number of hydrogen-bond donors (Lipinski definition) is 0. The minimum atomic E-state index is 0.0232. The van der Waals surface area contributed by atoms with Crippen LogP contribution in [-0.2, 0) is 11.2 Å². The SMILES string of the molecule is COc1ccccc1CCN1CCC(CN(C)C(=O)C=Cc2ccco2)CC1. The Kier molecular flexibility index (Phi) is 7.31. The molecule has 0 N–H and O–H groups in total. The van der Waals surface area contributed by atoms with Crippen LogP contribution >= 0.6 is 0 Å². The molecule has 0 unspecified atom stereocenters. The second-order valence-corrected chi connectivity index (χ2v) is 7.41. The monoisotopic (exact) mass is 382 g/mol. The van der Waals surface area contributed by atoms with Crippen LogP contribution < -0.4 is 4.74 Å². The summed E-state index contributed by atoms with van der Waals surface area (Å²) in [6.07, 6.45) is 8.18. The number of nitrogens with zero attached hydrogens (tertiary/aromatic N) is 2. The molecule has 1 fully saturated rings. The van der Waals surface area contributed by atoms with Crippen molar-refractivity contribution in [1.29, 1.82) is 0 Å². The topological polar surface area (TPSA) is 45.9 Å². The molecule has 0 bridgehead atoms. The lowest BCUT2D eigenvalue weighted by Crippen LogP contribution is -2.39. The molecular formula is C23H30N2O3. The van der Waals surface area contributed by atoms with Crippen LogP contribution in [0.1, 0.15) is 24.2 Å². The molecule has 0 atom stereocenters. The highest BCUT2D eigenvalue weighted by Crippen LogP contribution is 2.21. The molecule has 28 heavy (non-hydrogen) atoms. The molecule has 1 aromatic heterocycles. The van der Waals surface area contributed by atoms with Gasteiger partial charge >= 0.3 is 0 Å². The first-order valence-corrected chi connectivity index (χ1v) is 9.96. The first-order chi connectivity index (χ1) is 13.7. The maximum atomic E-state index is 12.3. The fourth-order valence-corrected chi connectivity index (χ4v) is 3.72. The van der Waals surface area contributed by atoms with Gasteiger partial charge in [-0.25, -0.2) is 0 Å². The Hall–Kier alpha value is -2.53. The second kappa shape index (κ2) is 10.1. The third kappa shape index (κ3) is 5.73. The summed E-state index contributed by atoms with van der Waals surface area (Å²) < 4.78 is 10.7. The van der Waals surface area contributed by atoms with Crippen LogP contribution in [-0.4, -0.2) is 56.0 Å². The number of amides is 1. The average Bonchev–Trinajstić information content (AvgIpc) is 3.25. The third-order valence-electron chi connectivity index (χ3n) is 5.44. The van der Waals surface area contributed by atoms with E-state index >= 15 is 0 Å². The van der Waals surface area contributed by atoms with Crippen molar-refractivity contribution >= 4 is 12.0 Å². The van der Waals surface area contributed by atoms with Crippen LogP contribution in [0.15, 0.2) is 53.2 Å². The van der Waals surface area contributed by atoms with Gasteiger partial charge < -0.3 is 19.0 Å². The van der Waals surface area contributed by atoms with Crippen molar-refractivity contribution in [3.05, 3.63) is 60.1 Å². The standard InChI is InChI=1S/C23H30N2O3/c1-24(23(26)10-9-21-7-5-17-28-21)18-19-11-14-25(15-12-19)16-13-20-6-3-4-8-22(20)27-2/h3-10,17,19H,11-16,18H2,1-2H3. The highest BCUT2D eigenvalue weighted by Gasteiger charge is 2.21. The number of methoxy groups -OCH3 is 1. The van der Waals surface area contributed by atoms with Gasteiger partial charge in [-0.15, -0.1) is 0 Å². The Labute approximate surface area is 167 Å². The summed E-state index contributed by atoms with van der Waals surface area (Å²) in [4.78, 5) is 16.6. The van der Waals surface area contributed by atoms with Gasteiger partial charge in [0.2, 0.25) is 5.91 Å². The molecule has 2 heterocycles. The number of furan rings is 1. The minimum Gasteiger partial charge on any atom is -0.496 e. The van der Waals surface area contributed by atoms with E-state index in [1.807, 2.05) is 36.2 Å². The molecule has 0 radical (unpaired) electrons. The zero-order chi connectivity index (χ0) is 19.8. The van der Waals surface area contributed by atoms with Crippen molar-refractivity contribution in [3.8, 4) is 5.75 Å². The van der Waals surface area contributed by atoms with E-state index in [9.17, 15) is 4.79 Å². The number of ether oxygens (including phenoxy) is 1. The summed E-state index contributed by atoms with van der Waals surface area (Å²) in [7, 11) is 3.61. The fourth-order valence-electron chi connectivity index (χ4n) is 3.72. The zero-order valence-electron chi connectivity index (χ0n) is 16.8. The number of benzene rings is 1. The Bertz CT molecular complexity index is 762. The van der Waals surface area contributed by atoms with Gasteiger partial charge in [0.05, 0.1) is 13.4 Å². The van der Waals surface area contributed by atoms with E-state index in [0.29, 0.717) is 11.7 Å². The lowest BCUT2D eigenvalue weighted by Gasteiger charge is -2.33. The Morgan fingerprint density at radius 2 is 2.04 bits per heavy atom. The number of likely N-dealkylation sites (N-methyl/N-ethyl adjacent to an activating group) is 1. The van der Waals surface area contributed by atoms with E-state index < -0.39 is 0 Å². The Morgan fingerprint density at radius 1 is 1.25 bits per heavy atom. The summed E-state index contributed by atoms with van der Waals surface area (Å²) >= 11 is 0. The highest BCUT2D eigenvalue weighted by molar-refractivity contribution is 5.91. The second-order valence-electron chi connectivity index (χ2n) is 7.41. The van der Waals surface area contributed by atoms with Crippen molar-refractivity contribution in [2.45, 2.75) is 19.3 Å². The molecule has 2 aromatic rings. The summed E-state index contributed by atoms with van der Waals surface area (Å²) in [5.41, 5.74) is 1.26. The van der Waals surface area contributed by atoms with E-state index in [1.165, 1.54) is 5.56 Å². The minimum absolute atomic E-state index is 0.0232. The molecule has 1 aliphatic rings. The molecule has 1 aliphatic heterocycles. The van der Waals surface area contributed by atoms with Crippen LogP contribution in [0.3, 0.4) is 0 Å². The van der Waals surface area contributed by atoms with Crippen molar-refractivity contribution in [1.82, 2.24) is 9.80 Å². The maximum absolute atomic E-state index is 12.3. The van der Waals surface area contributed by atoms with Crippen LogP contribution in [0.4, 0.5) is 0 Å². The van der Waals surface area contributed by atoms with E-state index in [-0.39, 0.29) is 5.91 Å². The number of para-hydroxylation sites is 1. The summed E-state index contributed by atoms with van der Waals surface area (Å²) in [5.74, 6) is 2.26. The Balaban J connectivity index is 1.39. The summed E-state index contributed by atoms with van der Waals surface area (Å²) in [6, 6.07) is 11.9. The zero-order valence-corrected chi connectivity index (χ0v) is 16.8. The number of carbonyl (C=O) groups is 1. The molecule has 5 heteroatoms. The number of rotatable bonds is 8. The highest BCUT2D eigenvalue weighted by atomic mass is 16.5. The van der Waals surface area contributed by atoms with Crippen LogP contribution in [0.2, 0.25) is 0 Å². The van der Waals surface area contributed by atoms with Gasteiger partial charge in [0.15, 0.2) is 0 Å². The first kappa shape index (κ1) is 20.2. The number of hydrogen-bond acceptors (Lipinski definition) is 4. The summed E-state index contributed by atoms with van der Waals surface area (Å²) in [5, 5.41) is 0. The fraction of sp³-hybridized carbons (Fsp3) is 0.435. The van der Waals surface area contributed by atoms with Gasteiger partial charge in [0.25, 0.3) is 0 Å². The molecule has 0 aliphatic carbocycles. The largest absolute Gasteiger partial charge is 0.496 e. The van der Waals surface area contributed by atoms with E-state index in [0.717, 1.165) is 51.2 Å². The number of piperidine rings is 1. The van der Waals surface area contributed by atoms with Gasteiger partial charge in [0.1, 0.15) is 11.5 Å². The smallest absolute Gasteiger partial charge is 0.246 e.